The first-order valence-electron chi connectivity index (χ1n) is 8.01. The second-order valence-corrected chi connectivity index (χ2v) is 7.03. The van der Waals surface area contributed by atoms with Gasteiger partial charge in [-0.1, -0.05) is 17.7 Å². The lowest BCUT2D eigenvalue weighted by Gasteiger charge is -2.33. The molecule has 1 saturated heterocycles. The summed E-state index contributed by atoms with van der Waals surface area (Å²) in [6, 6.07) is 8.12. The van der Waals surface area contributed by atoms with Crippen LogP contribution in [0.1, 0.15) is 39.2 Å². The Bertz CT molecular complexity index is 482. The van der Waals surface area contributed by atoms with Gasteiger partial charge in [0.25, 0.3) is 0 Å². The number of piperidine rings is 1. The van der Waals surface area contributed by atoms with Crippen LogP contribution in [-0.4, -0.2) is 36.3 Å². The Morgan fingerprint density at radius 2 is 1.77 bits per heavy atom. The fraction of sp³-hybridized carbons (Fsp3) is 0.611. The fourth-order valence-electron chi connectivity index (χ4n) is 2.46. The van der Waals surface area contributed by atoms with Crippen LogP contribution in [0.3, 0.4) is 0 Å². The van der Waals surface area contributed by atoms with Gasteiger partial charge in [-0.3, -0.25) is 0 Å². The lowest BCUT2D eigenvalue weighted by Crippen LogP contribution is -2.42. The molecule has 2 rings (SSSR count). The maximum Gasteiger partial charge on any atom is 0.410 e. The number of ether oxygens (including phenoxy) is 2. The van der Waals surface area contributed by atoms with E-state index in [1.165, 1.54) is 5.56 Å². The van der Waals surface area contributed by atoms with Gasteiger partial charge in [0.1, 0.15) is 11.4 Å². The van der Waals surface area contributed by atoms with E-state index in [0.717, 1.165) is 31.7 Å². The van der Waals surface area contributed by atoms with Gasteiger partial charge >= 0.3 is 6.09 Å². The molecule has 0 spiro atoms. The zero-order valence-electron chi connectivity index (χ0n) is 14.1. The Balaban J connectivity index is 1.73. The summed E-state index contributed by atoms with van der Waals surface area (Å²) in [5.41, 5.74) is 0.806. The van der Waals surface area contributed by atoms with Crippen molar-refractivity contribution in [3.05, 3.63) is 29.8 Å². The summed E-state index contributed by atoms with van der Waals surface area (Å²) in [5, 5.41) is 0. The van der Waals surface area contributed by atoms with Crippen molar-refractivity contribution in [2.75, 3.05) is 19.7 Å². The normalized spacial score (nSPS) is 16.5. The zero-order chi connectivity index (χ0) is 16.2. The Morgan fingerprint density at radius 1 is 1.18 bits per heavy atom. The van der Waals surface area contributed by atoms with E-state index in [4.69, 9.17) is 9.47 Å². The highest BCUT2D eigenvalue weighted by molar-refractivity contribution is 5.68. The minimum atomic E-state index is -0.428. The standard InChI is InChI=1S/C18H27NO3/c1-14-5-7-16(8-6-14)21-13-15-9-11-19(12-10-15)17(20)22-18(2,3)4/h5-8,15H,9-13H2,1-4H3. The summed E-state index contributed by atoms with van der Waals surface area (Å²) in [5.74, 6) is 1.42. The molecule has 0 aliphatic carbocycles. The molecule has 0 unspecified atom stereocenters. The van der Waals surface area contributed by atoms with Crippen molar-refractivity contribution in [2.45, 2.75) is 46.1 Å². The van der Waals surface area contributed by atoms with Crippen molar-refractivity contribution in [1.82, 2.24) is 4.90 Å². The van der Waals surface area contributed by atoms with E-state index in [0.29, 0.717) is 12.5 Å². The van der Waals surface area contributed by atoms with Crippen LogP contribution in [0.5, 0.6) is 5.75 Å². The summed E-state index contributed by atoms with van der Waals surface area (Å²) >= 11 is 0. The lowest BCUT2D eigenvalue weighted by atomic mass is 9.98. The Kier molecular flexibility index (Phi) is 5.33. The second-order valence-electron chi connectivity index (χ2n) is 7.03. The average molecular weight is 305 g/mol. The van der Waals surface area contributed by atoms with Crippen molar-refractivity contribution >= 4 is 6.09 Å². The van der Waals surface area contributed by atoms with E-state index in [-0.39, 0.29) is 6.09 Å². The van der Waals surface area contributed by atoms with E-state index in [1.807, 2.05) is 32.9 Å². The molecule has 1 amide bonds. The number of likely N-dealkylation sites (tertiary alicyclic amines) is 1. The highest BCUT2D eigenvalue weighted by Gasteiger charge is 2.27. The number of benzene rings is 1. The highest BCUT2D eigenvalue weighted by Crippen LogP contribution is 2.21. The number of hydrogen-bond acceptors (Lipinski definition) is 3. The van der Waals surface area contributed by atoms with Gasteiger partial charge in [-0.15, -0.1) is 0 Å². The summed E-state index contributed by atoms with van der Waals surface area (Å²) < 4.78 is 11.3. The van der Waals surface area contributed by atoms with Crippen LogP contribution in [0.2, 0.25) is 0 Å². The summed E-state index contributed by atoms with van der Waals surface area (Å²) in [7, 11) is 0. The quantitative estimate of drug-likeness (QED) is 0.846. The summed E-state index contributed by atoms with van der Waals surface area (Å²) in [4.78, 5) is 13.8. The average Bonchev–Trinajstić information content (AvgIpc) is 2.45. The predicted molar refractivity (Wildman–Crippen MR) is 87.2 cm³/mol. The van der Waals surface area contributed by atoms with Gasteiger partial charge in [-0.05, 0) is 58.6 Å². The number of rotatable bonds is 3. The minimum absolute atomic E-state index is 0.203. The molecule has 1 aromatic rings. The second kappa shape index (κ2) is 7.03. The third kappa shape index (κ3) is 5.24. The van der Waals surface area contributed by atoms with Crippen LogP contribution in [0.25, 0.3) is 0 Å². The molecule has 1 fully saturated rings. The number of aryl methyl sites for hydroxylation is 1. The van der Waals surface area contributed by atoms with Crippen LogP contribution in [0.4, 0.5) is 4.79 Å². The molecule has 1 aliphatic rings. The van der Waals surface area contributed by atoms with Crippen molar-refractivity contribution in [3.63, 3.8) is 0 Å². The van der Waals surface area contributed by atoms with E-state index in [9.17, 15) is 4.79 Å². The molecule has 4 nitrogen and oxygen atoms in total. The van der Waals surface area contributed by atoms with E-state index >= 15 is 0 Å². The molecule has 1 aromatic carbocycles. The first-order chi connectivity index (χ1) is 10.3. The predicted octanol–water partition coefficient (Wildman–Crippen LogP) is 4.02. The zero-order valence-corrected chi connectivity index (χ0v) is 14.1. The van der Waals surface area contributed by atoms with Crippen molar-refractivity contribution < 1.29 is 14.3 Å². The van der Waals surface area contributed by atoms with Crippen molar-refractivity contribution in [3.8, 4) is 5.75 Å². The molecular formula is C18H27NO3. The minimum Gasteiger partial charge on any atom is -0.493 e. The number of carbonyl (C=O) groups excluding carboxylic acids is 1. The molecule has 0 bridgehead atoms. The number of hydrogen-bond donors (Lipinski definition) is 0. The third-order valence-corrected chi connectivity index (χ3v) is 3.77. The van der Waals surface area contributed by atoms with Gasteiger partial charge in [0.2, 0.25) is 0 Å². The van der Waals surface area contributed by atoms with Crippen LogP contribution >= 0.6 is 0 Å². The molecule has 0 saturated carbocycles. The van der Waals surface area contributed by atoms with E-state index < -0.39 is 5.60 Å². The molecule has 122 valence electrons. The van der Waals surface area contributed by atoms with Crippen LogP contribution < -0.4 is 4.74 Å². The topological polar surface area (TPSA) is 38.8 Å². The molecule has 0 N–H and O–H groups in total. The molecule has 0 atom stereocenters. The molecule has 1 aliphatic heterocycles. The van der Waals surface area contributed by atoms with Crippen LogP contribution in [0.15, 0.2) is 24.3 Å². The maximum absolute atomic E-state index is 12.0. The summed E-state index contributed by atoms with van der Waals surface area (Å²) in [6.45, 7) is 9.96. The SMILES string of the molecule is Cc1ccc(OCC2CCN(C(=O)OC(C)(C)C)CC2)cc1. The largest absolute Gasteiger partial charge is 0.493 e. The number of nitrogens with zero attached hydrogens (tertiary/aromatic N) is 1. The van der Waals surface area contributed by atoms with Crippen molar-refractivity contribution in [1.29, 1.82) is 0 Å². The molecule has 0 radical (unpaired) electrons. The molecule has 0 aromatic heterocycles. The molecule has 22 heavy (non-hydrogen) atoms. The Hall–Kier alpha value is -1.71. The first kappa shape index (κ1) is 16.7. The van der Waals surface area contributed by atoms with E-state index in [2.05, 4.69) is 19.1 Å². The van der Waals surface area contributed by atoms with Gasteiger partial charge in [0, 0.05) is 13.1 Å². The summed E-state index contributed by atoms with van der Waals surface area (Å²) in [6.07, 6.45) is 1.72. The highest BCUT2D eigenvalue weighted by atomic mass is 16.6. The van der Waals surface area contributed by atoms with Gasteiger partial charge in [0.15, 0.2) is 0 Å². The molecule has 4 heteroatoms. The van der Waals surface area contributed by atoms with Crippen LogP contribution in [-0.2, 0) is 4.74 Å². The van der Waals surface area contributed by atoms with Crippen LogP contribution in [0, 0.1) is 12.8 Å². The maximum atomic E-state index is 12.0. The smallest absolute Gasteiger partial charge is 0.410 e. The number of carbonyl (C=O) groups is 1. The van der Waals surface area contributed by atoms with Gasteiger partial charge in [-0.2, -0.15) is 0 Å². The fourth-order valence-corrected chi connectivity index (χ4v) is 2.46. The third-order valence-electron chi connectivity index (χ3n) is 3.77. The van der Waals surface area contributed by atoms with Gasteiger partial charge < -0.3 is 14.4 Å². The van der Waals surface area contributed by atoms with Gasteiger partial charge in [-0.25, -0.2) is 4.79 Å². The molecule has 1 heterocycles. The Morgan fingerprint density at radius 3 is 2.32 bits per heavy atom. The lowest BCUT2D eigenvalue weighted by molar-refractivity contribution is 0.0165. The van der Waals surface area contributed by atoms with E-state index in [1.54, 1.807) is 4.90 Å². The monoisotopic (exact) mass is 305 g/mol. The molecular weight excluding hydrogens is 278 g/mol. The number of amides is 1. The van der Waals surface area contributed by atoms with Gasteiger partial charge in [0.05, 0.1) is 6.61 Å². The first-order valence-corrected chi connectivity index (χ1v) is 8.01. The van der Waals surface area contributed by atoms with Crippen molar-refractivity contribution in [2.24, 2.45) is 5.92 Å². The Labute approximate surface area is 133 Å².